The smallest absolute Gasteiger partial charge is 0.105 e. The topological polar surface area (TPSA) is 17.1 Å². The van der Waals surface area contributed by atoms with Crippen LogP contribution in [0.15, 0.2) is 54.6 Å². The molecule has 0 aliphatic carbocycles. The van der Waals surface area contributed by atoms with Crippen LogP contribution < -0.4 is 0 Å². The van der Waals surface area contributed by atoms with Crippen LogP contribution >= 0.6 is 0 Å². The molecule has 0 amide bonds. The van der Waals surface area contributed by atoms with E-state index in [1.165, 1.54) is 0 Å². The molecule has 2 rings (SSSR count). The van der Waals surface area contributed by atoms with Gasteiger partial charge in [0.1, 0.15) is 5.78 Å². The molecule has 1 nitrogen and oxygen atoms in total. The third kappa shape index (κ3) is 4.80. The Morgan fingerprint density at radius 3 is 1.57 bits per heavy atom. The van der Waals surface area contributed by atoms with Crippen LogP contribution in [0, 0.1) is 0 Å². The van der Waals surface area contributed by atoms with Crippen LogP contribution in [0.5, 0.6) is 0 Å². The van der Waals surface area contributed by atoms with Gasteiger partial charge in [-0.25, -0.2) is 12.1 Å². The third-order valence-electron chi connectivity index (χ3n) is 1.62. The Balaban J connectivity index is 0.000000246. The van der Waals surface area contributed by atoms with Gasteiger partial charge >= 0.3 is 0 Å². The largest absolute Gasteiger partial charge is 0.748 e. The fraction of sp³-hybridized carbons (Fsp3) is 0.0833. The van der Waals surface area contributed by atoms with Crippen LogP contribution in [-0.4, -0.2) is 5.78 Å². The second-order valence-electron chi connectivity index (χ2n) is 2.69. The monoisotopic (exact) mass is 228 g/mol. The Kier molecular flexibility index (Phi) is 6.73. The predicted molar refractivity (Wildman–Crippen MR) is 54.1 cm³/mol. The van der Waals surface area contributed by atoms with E-state index < -0.39 is 0 Å². The molecule has 0 unspecified atom stereocenters. The van der Waals surface area contributed by atoms with E-state index >= 15 is 0 Å². The van der Waals surface area contributed by atoms with E-state index in [2.05, 4.69) is 0 Å². The standard InChI is InChI=1S/C7H7O.C5H5.Fe/c1-6(8)7-4-2-3-5-7;1-2-4-5-3-1;/h2-5H,1H3;1-5H;/q-1;-5;. The third-order valence-corrected chi connectivity index (χ3v) is 1.62. The summed E-state index contributed by atoms with van der Waals surface area (Å²) in [6.45, 7) is 1.56. The molecule has 0 heterocycles. The first-order valence-corrected chi connectivity index (χ1v) is 4.20. The van der Waals surface area contributed by atoms with Crippen molar-refractivity contribution in [2.45, 2.75) is 6.92 Å². The molecule has 0 saturated carbocycles. The number of rotatable bonds is 1. The van der Waals surface area contributed by atoms with Crippen molar-refractivity contribution >= 4 is 5.78 Å². The molecule has 0 N–H and O–H groups in total. The Morgan fingerprint density at radius 1 is 1.00 bits per heavy atom. The average Bonchev–Trinajstić information content (AvgIpc) is 2.82. The maximum atomic E-state index is 10.5. The van der Waals surface area contributed by atoms with Crippen LogP contribution in [0.25, 0.3) is 0 Å². The molecule has 2 aromatic rings. The first-order chi connectivity index (χ1) is 6.30. The summed E-state index contributed by atoms with van der Waals surface area (Å²) in [5, 5.41) is 0. The van der Waals surface area contributed by atoms with Crippen molar-refractivity contribution in [3.63, 3.8) is 0 Å². The van der Waals surface area contributed by atoms with Gasteiger partial charge in [-0.1, -0.05) is 5.56 Å². The Labute approximate surface area is 95.0 Å². The normalized spacial score (nSPS) is 8.07. The van der Waals surface area contributed by atoms with E-state index in [0.717, 1.165) is 5.56 Å². The van der Waals surface area contributed by atoms with E-state index in [4.69, 9.17) is 0 Å². The van der Waals surface area contributed by atoms with Gasteiger partial charge < -0.3 is 35.1 Å². The van der Waals surface area contributed by atoms with Gasteiger partial charge in [0.05, 0.1) is 0 Å². The van der Waals surface area contributed by atoms with E-state index in [9.17, 15) is 4.79 Å². The first kappa shape index (κ1) is 12.9. The molecule has 0 saturated heterocycles. The van der Waals surface area contributed by atoms with Gasteiger partial charge in [0, 0.05) is 17.1 Å². The number of carbonyl (C=O) groups is 1. The maximum Gasteiger partial charge on any atom is 0.105 e. The summed E-state index contributed by atoms with van der Waals surface area (Å²) in [5.41, 5.74) is 0.796. The first-order valence-electron chi connectivity index (χ1n) is 4.20. The molecule has 14 heavy (non-hydrogen) atoms. The second-order valence-corrected chi connectivity index (χ2v) is 2.69. The molecule has 0 radical (unpaired) electrons. The SMILES string of the molecule is CC(=O)[c-]1cccc1.[Fe].[cH-]1[cH-][cH-][cH-][cH-]1. The molecule has 0 spiro atoms. The quantitative estimate of drug-likeness (QED) is 0.416. The molecule has 0 fully saturated rings. The minimum Gasteiger partial charge on any atom is -0.748 e. The number of Topliss-reactive ketones (excluding diaryl/α,β-unsaturated/α-hetero) is 1. The molecular weight excluding hydrogens is 216 g/mol. The van der Waals surface area contributed by atoms with Crippen LogP contribution in [0.3, 0.4) is 0 Å². The molecular formula is C12H12FeO-6. The number of hydrogen-bond donors (Lipinski definition) is 0. The summed E-state index contributed by atoms with van der Waals surface area (Å²) in [6, 6.07) is 17.3. The van der Waals surface area contributed by atoms with Crippen LogP contribution in [0.1, 0.15) is 17.3 Å². The molecule has 0 atom stereocenters. The van der Waals surface area contributed by atoms with Gasteiger partial charge in [-0.15, -0.1) is 0 Å². The average molecular weight is 228 g/mol. The summed E-state index contributed by atoms with van der Waals surface area (Å²) in [7, 11) is 0. The number of ketones is 1. The van der Waals surface area contributed by atoms with E-state index in [-0.39, 0.29) is 22.9 Å². The fourth-order valence-corrected chi connectivity index (χ4v) is 0.929. The van der Waals surface area contributed by atoms with Crippen molar-refractivity contribution in [3.8, 4) is 0 Å². The summed E-state index contributed by atoms with van der Waals surface area (Å²) < 4.78 is 0. The van der Waals surface area contributed by atoms with E-state index in [1.54, 1.807) is 6.92 Å². The molecule has 0 aliphatic rings. The van der Waals surface area contributed by atoms with Gasteiger partial charge in [0.2, 0.25) is 0 Å². The van der Waals surface area contributed by atoms with Crippen molar-refractivity contribution in [1.29, 1.82) is 0 Å². The number of carbonyl (C=O) groups excluding carboxylic acids is 1. The van der Waals surface area contributed by atoms with Gasteiger partial charge in [0.25, 0.3) is 0 Å². The molecule has 2 heteroatoms. The minimum absolute atomic E-state index is 0. The van der Waals surface area contributed by atoms with Crippen molar-refractivity contribution in [2.75, 3.05) is 0 Å². The summed E-state index contributed by atoms with van der Waals surface area (Å²) in [4.78, 5) is 10.5. The Morgan fingerprint density at radius 2 is 1.36 bits per heavy atom. The molecule has 2 aromatic carbocycles. The Hall–Kier alpha value is -1.11. The van der Waals surface area contributed by atoms with Crippen LogP contribution in [0.4, 0.5) is 0 Å². The Bertz CT molecular complexity index is 302. The molecule has 0 bridgehead atoms. The summed E-state index contributed by atoms with van der Waals surface area (Å²) in [6.07, 6.45) is 0. The second kappa shape index (κ2) is 7.31. The van der Waals surface area contributed by atoms with Crippen molar-refractivity contribution in [2.24, 2.45) is 0 Å². The van der Waals surface area contributed by atoms with Gasteiger partial charge in [-0.05, 0) is 6.92 Å². The summed E-state index contributed by atoms with van der Waals surface area (Å²) >= 11 is 0. The van der Waals surface area contributed by atoms with Gasteiger partial charge in [0.15, 0.2) is 0 Å². The molecule has 0 aromatic heterocycles. The maximum absolute atomic E-state index is 10.5. The van der Waals surface area contributed by atoms with E-state index in [1.807, 2.05) is 54.6 Å². The zero-order chi connectivity index (χ0) is 9.52. The van der Waals surface area contributed by atoms with Gasteiger partial charge in [-0.2, -0.15) is 12.1 Å². The van der Waals surface area contributed by atoms with Crippen molar-refractivity contribution in [1.82, 2.24) is 0 Å². The zero-order valence-corrected chi connectivity index (χ0v) is 9.06. The van der Waals surface area contributed by atoms with Gasteiger partial charge in [-0.3, -0.25) is 0 Å². The number of hydrogen-bond acceptors (Lipinski definition) is 1. The van der Waals surface area contributed by atoms with E-state index in [0.29, 0.717) is 0 Å². The summed E-state index contributed by atoms with van der Waals surface area (Å²) in [5.74, 6) is 0.134. The fourth-order valence-electron chi connectivity index (χ4n) is 0.929. The van der Waals surface area contributed by atoms with Crippen molar-refractivity contribution in [3.05, 3.63) is 60.2 Å². The van der Waals surface area contributed by atoms with Crippen LogP contribution in [0.2, 0.25) is 0 Å². The van der Waals surface area contributed by atoms with Crippen molar-refractivity contribution < 1.29 is 21.9 Å². The molecule has 0 aliphatic heterocycles. The molecule has 80 valence electrons. The minimum atomic E-state index is 0. The van der Waals surface area contributed by atoms with Crippen LogP contribution in [-0.2, 0) is 17.1 Å². The predicted octanol–water partition coefficient (Wildman–Crippen LogP) is 3.01. The zero-order valence-electron chi connectivity index (χ0n) is 7.96.